The third-order valence-corrected chi connectivity index (χ3v) is 6.35. The number of benzene rings is 1. The van der Waals surface area contributed by atoms with Gasteiger partial charge >= 0.3 is 0 Å². The number of rotatable bonds is 3. The maximum Gasteiger partial charge on any atom is 0.254 e. The third kappa shape index (κ3) is 1.88. The average Bonchev–Trinajstić information content (AvgIpc) is 3.37. The first kappa shape index (κ1) is 15.6. The highest BCUT2D eigenvalue weighted by Crippen LogP contribution is 2.52. The molecular formula is C21H21N3O2. The molecule has 2 fully saturated rings. The molecule has 2 bridgehead atoms. The Balaban J connectivity index is 1.52. The molecule has 0 N–H and O–H groups in total. The normalized spacial score (nSPS) is 29.7. The minimum atomic E-state index is -0.201. The molecule has 0 radical (unpaired) electrons. The van der Waals surface area contributed by atoms with Gasteiger partial charge in [-0.05, 0) is 38.2 Å². The molecule has 0 unspecified atom stereocenters. The van der Waals surface area contributed by atoms with Crippen molar-refractivity contribution in [3.05, 3.63) is 47.7 Å². The summed E-state index contributed by atoms with van der Waals surface area (Å²) in [5.74, 6) is -0.244. The van der Waals surface area contributed by atoms with Crippen LogP contribution in [-0.4, -0.2) is 27.6 Å². The number of aromatic nitrogens is 1. The summed E-state index contributed by atoms with van der Waals surface area (Å²) < 4.78 is 2.23. The van der Waals surface area contributed by atoms with E-state index >= 15 is 0 Å². The number of hydrazone groups is 1. The summed E-state index contributed by atoms with van der Waals surface area (Å²) in [5.41, 5.74) is 3.21. The van der Waals surface area contributed by atoms with Crippen molar-refractivity contribution in [2.45, 2.75) is 26.8 Å². The molecule has 2 aliphatic carbocycles. The van der Waals surface area contributed by atoms with E-state index in [4.69, 9.17) is 0 Å². The number of nitrogens with zero attached hydrogens (tertiary/aromatic N) is 3. The summed E-state index contributed by atoms with van der Waals surface area (Å²) in [7, 11) is 0. The minimum Gasteiger partial charge on any atom is -0.344 e. The van der Waals surface area contributed by atoms with Crippen LogP contribution in [0.15, 0.2) is 41.5 Å². The lowest BCUT2D eigenvalue weighted by molar-refractivity contribution is -0.140. The lowest BCUT2D eigenvalue weighted by Crippen LogP contribution is -2.28. The summed E-state index contributed by atoms with van der Waals surface area (Å²) in [4.78, 5) is 25.5. The van der Waals surface area contributed by atoms with Crippen LogP contribution < -0.4 is 0 Å². The highest BCUT2D eigenvalue weighted by molar-refractivity contribution is 6.08. The van der Waals surface area contributed by atoms with E-state index in [9.17, 15) is 9.59 Å². The summed E-state index contributed by atoms with van der Waals surface area (Å²) in [6, 6.07) is 8.16. The second kappa shape index (κ2) is 5.40. The first-order valence-corrected chi connectivity index (χ1v) is 9.29. The van der Waals surface area contributed by atoms with Crippen molar-refractivity contribution in [1.82, 2.24) is 9.58 Å². The molecule has 1 aliphatic heterocycles. The van der Waals surface area contributed by atoms with Crippen LogP contribution >= 0.6 is 0 Å². The van der Waals surface area contributed by atoms with Crippen LogP contribution in [0.25, 0.3) is 10.9 Å². The van der Waals surface area contributed by atoms with Gasteiger partial charge in [0.2, 0.25) is 0 Å². The Hall–Kier alpha value is -2.69. The first-order chi connectivity index (χ1) is 12.6. The van der Waals surface area contributed by atoms with Gasteiger partial charge in [-0.1, -0.05) is 30.4 Å². The van der Waals surface area contributed by atoms with Crippen LogP contribution in [0.3, 0.4) is 0 Å². The van der Waals surface area contributed by atoms with Crippen LogP contribution in [0.4, 0.5) is 0 Å². The Morgan fingerprint density at radius 1 is 1.12 bits per heavy atom. The van der Waals surface area contributed by atoms with Crippen molar-refractivity contribution in [2.75, 3.05) is 0 Å². The second-order valence-electron chi connectivity index (χ2n) is 7.49. The molecule has 4 atom stereocenters. The smallest absolute Gasteiger partial charge is 0.254 e. The number of carbonyl (C=O) groups is 2. The van der Waals surface area contributed by atoms with Gasteiger partial charge in [-0.25, -0.2) is 0 Å². The van der Waals surface area contributed by atoms with Gasteiger partial charge in [0.15, 0.2) is 0 Å². The molecule has 3 aliphatic rings. The number of aryl methyl sites for hydroxylation is 1. The molecule has 26 heavy (non-hydrogen) atoms. The zero-order valence-electron chi connectivity index (χ0n) is 14.9. The molecule has 1 saturated carbocycles. The van der Waals surface area contributed by atoms with E-state index in [1.165, 1.54) is 0 Å². The maximum absolute atomic E-state index is 12.8. The standard InChI is InChI=1S/C21H21N3O2/c1-3-23-12(2)16(15-6-4-5-7-17(15)23)11-22-24-20(25)18-13-8-9-14(10-13)19(18)21(24)26/h4-9,11,13-14,18-19H,3,10H2,1-2H3/b22-11-/t13-,14-,18+,19+/m0/s1. The molecule has 1 saturated heterocycles. The topological polar surface area (TPSA) is 54.7 Å². The van der Waals surface area contributed by atoms with Crippen molar-refractivity contribution in [1.29, 1.82) is 0 Å². The van der Waals surface area contributed by atoms with Gasteiger partial charge in [0.25, 0.3) is 11.8 Å². The fraction of sp³-hybridized carbons (Fsp3) is 0.381. The van der Waals surface area contributed by atoms with Crippen molar-refractivity contribution >= 4 is 28.9 Å². The van der Waals surface area contributed by atoms with Gasteiger partial charge in [0.05, 0.1) is 18.1 Å². The summed E-state index contributed by atoms with van der Waals surface area (Å²) in [5, 5.41) is 6.58. The predicted molar refractivity (Wildman–Crippen MR) is 99.5 cm³/mol. The number of allylic oxidation sites excluding steroid dienone is 2. The zero-order valence-corrected chi connectivity index (χ0v) is 14.9. The van der Waals surface area contributed by atoms with Gasteiger partial charge in [-0.2, -0.15) is 10.1 Å². The van der Waals surface area contributed by atoms with Crippen molar-refractivity contribution in [3.8, 4) is 0 Å². The molecule has 1 aromatic carbocycles. The number of hydrogen-bond donors (Lipinski definition) is 0. The van der Waals surface area contributed by atoms with Gasteiger partial charge in [0, 0.05) is 28.7 Å². The second-order valence-corrected chi connectivity index (χ2v) is 7.49. The third-order valence-electron chi connectivity index (χ3n) is 6.35. The van der Waals surface area contributed by atoms with Crippen LogP contribution in [0.5, 0.6) is 0 Å². The van der Waals surface area contributed by atoms with Crippen molar-refractivity contribution < 1.29 is 9.59 Å². The van der Waals surface area contributed by atoms with E-state index in [1.807, 2.05) is 12.1 Å². The summed E-state index contributed by atoms with van der Waals surface area (Å²) in [6.07, 6.45) is 6.83. The molecule has 2 heterocycles. The first-order valence-electron chi connectivity index (χ1n) is 9.29. The maximum atomic E-state index is 12.8. The molecule has 5 heteroatoms. The van der Waals surface area contributed by atoms with E-state index in [0.29, 0.717) is 0 Å². The highest BCUT2D eigenvalue weighted by Gasteiger charge is 2.59. The zero-order chi connectivity index (χ0) is 18.0. The van der Waals surface area contributed by atoms with E-state index < -0.39 is 0 Å². The fourth-order valence-corrected chi connectivity index (χ4v) is 5.14. The van der Waals surface area contributed by atoms with Crippen molar-refractivity contribution in [2.24, 2.45) is 28.8 Å². The quantitative estimate of drug-likeness (QED) is 0.487. The average molecular weight is 347 g/mol. The summed E-state index contributed by atoms with van der Waals surface area (Å²) in [6.45, 7) is 5.02. The van der Waals surface area contributed by atoms with Gasteiger partial charge in [-0.15, -0.1) is 0 Å². The number of amides is 2. The Morgan fingerprint density at radius 3 is 2.42 bits per heavy atom. The van der Waals surface area contributed by atoms with E-state index in [0.717, 1.165) is 40.1 Å². The largest absolute Gasteiger partial charge is 0.344 e. The molecule has 0 spiro atoms. The molecule has 2 amide bonds. The molecule has 1 aromatic heterocycles. The number of fused-ring (bicyclic) bond motifs is 6. The lowest BCUT2D eigenvalue weighted by Gasteiger charge is -2.13. The molecular weight excluding hydrogens is 326 g/mol. The number of carbonyl (C=O) groups excluding carboxylic acids is 2. The van der Waals surface area contributed by atoms with E-state index in [1.54, 1.807) is 6.21 Å². The Morgan fingerprint density at radius 2 is 1.77 bits per heavy atom. The van der Waals surface area contributed by atoms with Gasteiger partial charge in [0.1, 0.15) is 0 Å². The van der Waals surface area contributed by atoms with Crippen LogP contribution in [-0.2, 0) is 16.1 Å². The summed E-state index contributed by atoms with van der Waals surface area (Å²) >= 11 is 0. The molecule has 132 valence electrons. The van der Waals surface area contributed by atoms with Crippen molar-refractivity contribution in [3.63, 3.8) is 0 Å². The number of hydrogen-bond acceptors (Lipinski definition) is 3. The Kier molecular flexibility index (Phi) is 3.23. The SMILES string of the molecule is CCn1c(C)c(/C=N\N2C(=O)[C@H]3[C@H](C2=O)[C@H]2C=C[C@H]3C2)c2ccccc21. The fourth-order valence-electron chi connectivity index (χ4n) is 5.14. The Labute approximate surface area is 152 Å². The molecule has 5 rings (SSSR count). The van der Waals surface area contributed by atoms with Gasteiger partial charge < -0.3 is 4.57 Å². The minimum absolute atomic E-state index is 0.134. The molecule has 5 nitrogen and oxygen atoms in total. The van der Waals surface area contributed by atoms with E-state index in [2.05, 4.69) is 47.8 Å². The van der Waals surface area contributed by atoms with Crippen LogP contribution in [0, 0.1) is 30.6 Å². The van der Waals surface area contributed by atoms with Gasteiger partial charge in [-0.3, -0.25) is 9.59 Å². The number of para-hydroxylation sites is 1. The lowest BCUT2D eigenvalue weighted by atomic mass is 9.85. The molecule has 2 aromatic rings. The monoisotopic (exact) mass is 347 g/mol. The van der Waals surface area contributed by atoms with E-state index in [-0.39, 0.29) is 35.5 Å². The van der Waals surface area contributed by atoms with Crippen LogP contribution in [0.1, 0.15) is 24.6 Å². The number of imide groups is 1. The Bertz CT molecular complexity index is 970. The highest BCUT2D eigenvalue weighted by atomic mass is 16.2. The van der Waals surface area contributed by atoms with Crippen LogP contribution in [0.2, 0.25) is 0 Å². The predicted octanol–water partition coefficient (Wildman–Crippen LogP) is 3.11.